The molecule has 90 valence electrons. The lowest BCUT2D eigenvalue weighted by molar-refractivity contribution is -0.0366. The summed E-state index contributed by atoms with van der Waals surface area (Å²) in [5.74, 6) is 0. The molecule has 0 bridgehead atoms. The van der Waals surface area contributed by atoms with Gasteiger partial charge in [0.15, 0.2) is 6.23 Å². The highest BCUT2D eigenvalue weighted by Gasteiger charge is 2.18. The molecule has 2 N–H and O–H groups in total. The van der Waals surface area contributed by atoms with Crippen molar-refractivity contribution in [3.63, 3.8) is 0 Å². The Morgan fingerprint density at radius 2 is 2.35 bits per heavy atom. The van der Waals surface area contributed by atoms with Gasteiger partial charge in [-0.15, -0.1) is 0 Å². The van der Waals surface area contributed by atoms with E-state index in [1.54, 1.807) is 0 Å². The van der Waals surface area contributed by atoms with Crippen LogP contribution in [0.1, 0.15) is 31.1 Å². The Balaban J connectivity index is 2.02. The molecule has 1 atom stereocenters. The van der Waals surface area contributed by atoms with Crippen molar-refractivity contribution in [2.45, 2.75) is 32.0 Å². The molecule has 4 heteroatoms. The predicted molar refractivity (Wildman–Crippen MR) is 66.5 cm³/mol. The van der Waals surface area contributed by atoms with Gasteiger partial charge in [-0.25, -0.2) is 4.68 Å². The Bertz CT molecular complexity index is 514. The second-order valence-electron chi connectivity index (χ2n) is 4.51. The normalized spacial score (nSPS) is 20.9. The molecule has 1 fully saturated rings. The molecule has 0 amide bonds. The van der Waals surface area contributed by atoms with Crippen LogP contribution in [0.5, 0.6) is 0 Å². The van der Waals surface area contributed by atoms with Gasteiger partial charge in [0.05, 0.1) is 11.7 Å². The molecule has 2 heterocycles. The van der Waals surface area contributed by atoms with Crippen LogP contribution in [-0.2, 0) is 11.3 Å². The molecule has 1 unspecified atom stereocenters. The van der Waals surface area contributed by atoms with E-state index in [1.807, 2.05) is 10.9 Å². The summed E-state index contributed by atoms with van der Waals surface area (Å²) in [5.41, 5.74) is 7.94. The third-order valence-corrected chi connectivity index (χ3v) is 3.33. The summed E-state index contributed by atoms with van der Waals surface area (Å²) in [7, 11) is 0. The maximum atomic E-state index is 5.77. The first kappa shape index (κ1) is 10.7. The second kappa shape index (κ2) is 4.47. The minimum Gasteiger partial charge on any atom is -0.356 e. The van der Waals surface area contributed by atoms with Crippen molar-refractivity contribution < 1.29 is 4.74 Å². The zero-order chi connectivity index (χ0) is 11.7. The predicted octanol–water partition coefficient (Wildman–Crippen LogP) is 2.19. The van der Waals surface area contributed by atoms with E-state index in [1.165, 1.54) is 6.42 Å². The van der Waals surface area contributed by atoms with Crippen molar-refractivity contribution in [2.75, 3.05) is 6.61 Å². The number of benzene rings is 1. The van der Waals surface area contributed by atoms with Crippen LogP contribution in [0.2, 0.25) is 0 Å². The Kier molecular flexibility index (Phi) is 2.82. The Morgan fingerprint density at radius 3 is 3.12 bits per heavy atom. The van der Waals surface area contributed by atoms with Crippen molar-refractivity contribution in [3.8, 4) is 0 Å². The number of nitrogens with two attached hydrogens (primary N) is 1. The summed E-state index contributed by atoms with van der Waals surface area (Å²) >= 11 is 0. The van der Waals surface area contributed by atoms with Gasteiger partial charge in [-0.3, -0.25) is 0 Å². The third-order valence-electron chi connectivity index (χ3n) is 3.33. The van der Waals surface area contributed by atoms with Crippen molar-refractivity contribution in [1.82, 2.24) is 9.78 Å². The number of fused-ring (bicyclic) bond motifs is 1. The van der Waals surface area contributed by atoms with E-state index in [0.717, 1.165) is 35.9 Å². The lowest BCUT2D eigenvalue weighted by Crippen LogP contribution is -2.19. The van der Waals surface area contributed by atoms with Crippen LogP contribution in [-0.4, -0.2) is 16.4 Å². The smallest absolute Gasteiger partial charge is 0.150 e. The first-order valence-corrected chi connectivity index (χ1v) is 6.16. The lowest BCUT2D eigenvalue weighted by atomic mass is 10.1. The maximum Gasteiger partial charge on any atom is 0.150 e. The first-order chi connectivity index (χ1) is 8.38. The molecule has 1 aromatic heterocycles. The fraction of sp³-hybridized carbons (Fsp3) is 0.462. The van der Waals surface area contributed by atoms with Crippen LogP contribution < -0.4 is 5.73 Å². The molecule has 3 rings (SSSR count). The number of hydrogen-bond donors (Lipinski definition) is 1. The van der Waals surface area contributed by atoms with Gasteiger partial charge in [-0.1, -0.05) is 12.1 Å². The van der Waals surface area contributed by atoms with Crippen LogP contribution in [0.4, 0.5) is 0 Å². The Morgan fingerprint density at radius 1 is 1.41 bits per heavy atom. The summed E-state index contributed by atoms with van der Waals surface area (Å²) in [5, 5.41) is 5.59. The number of aromatic nitrogens is 2. The zero-order valence-corrected chi connectivity index (χ0v) is 9.80. The van der Waals surface area contributed by atoms with Crippen LogP contribution >= 0.6 is 0 Å². The average Bonchev–Trinajstić information content (AvgIpc) is 2.82. The van der Waals surface area contributed by atoms with E-state index in [2.05, 4.69) is 23.3 Å². The summed E-state index contributed by atoms with van der Waals surface area (Å²) in [6.45, 7) is 1.40. The van der Waals surface area contributed by atoms with Crippen molar-refractivity contribution >= 4 is 10.9 Å². The standard InChI is InChI=1S/C13H17N3O/c14-8-10-4-5-11-9-15-16(12(11)7-10)13-3-1-2-6-17-13/h4-5,7,9,13H,1-3,6,8,14H2. The molecule has 1 aliphatic rings. The topological polar surface area (TPSA) is 53.1 Å². The molecule has 0 saturated carbocycles. The van der Waals surface area contributed by atoms with Crippen molar-refractivity contribution in [1.29, 1.82) is 0 Å². The number of rotatable bonds is 2. The molecule has 4 nitrogen and oxygen atoms in total. The molecule has 1 saturated heterocycles. The molecular formula is C13H17N3O. The average molecular weight is 231 g/mol. The minimum atomic E-state index is 0.0919. The summed E-state index contributed by atoms with van der Waals surface area (Å²) < 4.78 is 7.77. The van der Waals surface area contributed by atoms with Gasteiger partial charge in [-0.2, -0.15) is 5.10 Å². The number of hydrogen-bond acceptors (Lipinski definition) is 3. The van der Waals surface area contributed by atoms with Gasteiger partial charge in [0.25, 0.3) is 0 Å². The van der Waals surface area contributed by atoms with Gasteiger partial charge in [0.2, 0.25) is 0 Å². The molecule has 0 aliphatic carbocycles. The van der Waals surface area contributed by atoms with Gasteiger partial charge in [0, 0.05) is 18.5 Å². The summed E-state index contributed by atoms with van der Waals surface area (Å²) in [6, 6.07) is 6.24. The molecule has 1 aliphatic heterocycles. The van der Waals surface area contributed by atoms with Crippen molar-refractivity contribution in [2.24, 2.45) is 5.73 Å². The van der Waals surface area contributed by atoms with Gasteiger partial charge < -0.3 is 10.5 Å². The Hall–Kier alpha value is -1.39. The third kappa shape index (κ3) is 1.94. The largest absolute Gasteiger partial charge is 0.356 e. The fourth-order valence-corrected chi connectivity index (χ4v) is 2.36. The van der Waals surface area contributed by atoms with Crippen molar-refractivity contribution in [3.05, 3.63) is 30.0 Å². The molecule has 0 spiro atoms. The highest BCUT2D eigenvalue weighted by atomic mass is 16.5. The van der Waals surface area contributed by atoms with Gasteiger partial charge in [-0.05, 0) is 30.9 Å². The summed E-state index contributed by atoms with van der Waals surface area (Å²) in [4.78, 5) is 0. The van der Waals surface area contributed by atoms with E-state index in [4.69, 9.17) is 10.5 Å². The molecule has 2 aromatic rings. The van der Waals surface area contributed by atoms with Gasteiger partial charge >= 0.3 is 0 Å². The maximum absolute atomic E-state index is 5.77. The highest BCUT2D eigenvalue weighted by Crippen LogP contribution is 2.26. The van der Waals surface area contributed by atoms with E-state index < -0.39 is 0 Å². The van der Waals surface area contributed by atoms with Crippen LogP contribution in [0, 0.1) is 0 Å². The van der Waals surface area contributed by atoms with Crippen LogP contribution in [0.25, 0.3) is 10.9 Å². The zero-order valence-electron chi connectivity index (χ0n) is 9.80. The van der Waals surface area contributed by atoms with E-state index in [-0.39, 0.29) is 6.23 Å². The number of ether oxygens (including phenoxy) is 1. The van der Waals surface area contributed by atoms with E-state index in [9.17, 15) is 0 Å². The molecule has 1 aromatic carbocycles. The van der Waals surface area contributed by atoms with E-state index in [0.29, 0.717) is 6.54 Å². The molecule has 0 radical (unpaired) electrons. The SMILES string of the molecule is NCc1ccc2cnn(C3CCCCO3)c2c1. The minimum absolute atomic E-state index is 0.0919. The van der Waals surface area contributed by atoms with E-state index >= 15 is 0 Å². The van der Waals surface area contributed by atoms with Crippen LogP contribution in [0.3, 0.4) is 0 Å². The quantitative estimate of drug-likeness (QED) is 0.862. The van der Waals surface area contributed by atoms with Crippen LogP contribution in [0.15, 0.2) is 24.4 Å². The first-order valence-electron chi connectivity index (χ1n) is 6.16. The van der Waals surface area contributed by atoms with Gasteiger partial charge in [0.1, 0.15) is 0 Å². The fourth-order valence-electron chi connectivity index (χ4n) is 2.36. The lowest BCUT2D eigenvalue weighted by Gasteiger charge is -2.23. The monoisotopic (exact) mass is 231 g/mol. The molecule has 17 heavy (non-hydrogen) atoms. The molecular weight excluding hydrogens is 214 g/mol. The number of nitrogens with zero attached hydrogens (tertiary/aromatic N) is 2. The second-order valence-corrected chi connectivity index (χ2v) is 4.51. The highest BCUT2D eigenvalue weighted by molar-refractivity contribution is 5.79. The summed E-state index contributed by atoms with van der Waals surface area (Å²) in [6.07, 6.45) is 5.40. The Labute approximate surface area is 100 Å².